The predicted octanol–water partition coefficient (Wildman–Crippen LogP) is 1.50. The van der Waals surface area contributed by atoms with Crippen molar-refractivity contribution in [2.45, 2.75) is 0 Å². The highest BCUT2D eigenvalue weighted by molar-refractivity contribution is 9.09. The molecular formula is C5H8BrNOS. The molecule has 0 heterocycles. The topological polar surface area (TPSA) is 21.6 Å². The molecule has 0 aliphatic carbocycles. The second kappa shape index (κ2) is 8.24. The third-order valence-corrected chi connectivity index (χ3v) is 1.09. The first-order valence-electron chi connectivity index (χ1n) is 2.59. The summed E-state index contributed by atoms with van der Waals surface area (Å²) >= 11 is 7.58. The maximum Gasteiger partial charge on any atom is 0.0727 e. The molecule has 0 rings (SSSR count). The number of thiocarbonyl (C=S) groups is 1. The molecule has 0 unspecified atom stereocenters. The van der Waals surface area contributed by atoms with Crippen molar-refractivity contribution in [3.63, 3.8) is 0 Å². The van der Waals surface area contributed by atoms with Crippen LogP contribution < -0.4 is 0 Å². The van der Waals surface area contributed by atoms with Gasteiger partial charge in [0.05, 0.1) is 24.9 Å². The van der Waals surface area contributed by atoms with Crippen molar-refractivity contribution in [3.05, 3.63) is 0 Å². The predicted molar refractivity (Wildman–Crippen MR) is 44.5 cm³/mol. The Bertz CT molecular complexity index is 103. The maximum absolute atomic E-state index is 5.06. The van der Waals surface area contributed by atoms with Gasteiger partial charge in [0.1, 0.15) is 0 Å². The van der Waals surface area contributed by atoms with E-state index in [0.717, 1.165) is 11.9 Å². The quantitative estimate of drug-likeness (QED) is 0.297. The summed E-state index contributed by atoms with van der Waals surface area (Å²) in [7, 11) is 0. The first-order chi connectivity index (χ1) is 4.41. The van der Waals surface area contributed by atoms with Crippen LogP contribution in [0.15, 0.2) is 4.99 Å². The second-order valence-corrected chi connectivity index (χ2v) is 2.25. The minimum Gasteiger partial charge on any atom is -0.379 e. The molecular weight excluding hydrogens is 202 g/mol. The SMILES string of the molecule is S=C=NCCOCCBr. The summed E-state index contributed by atoms with van der Waals surface area (Å²) in [6.07, 6.45) is 0. The summed E-state index contributed by atoms with van der Waals surface area (Å²) in [6, 6.07) is 0. The number of alkyl halides is 1. The summed E-state index contributed by atoms with van der Waals surface area (Å²) in [6.45, 7) is 1.98. The number of hydrogen-bond acceptors (Lipinski definition) is 3. The molecule has 9 heavy (non-hydrogen) atoms. The third-order valence-electron chi connectivity index (χ3n) is 0.633. The van der Waals surface area contributed by atoms with Crippen molar-refractivity contribution < 1.29 is 4.74 Å². The lowest BCUT2D eigenvalue weighted by molar-refractivity contribution is 0.159. The maximum atomic E-state index is 5.06. The van der Waals surface area contributed by atoms with Crippen LogP contribution >= 0.6 is 28.1 Å². The van der Waals surface area contributed by atoms with E-state index in [-0.39, 0.29) is 0 Å². The molecule has 2 nitrogen and oxygen atoms in total. The van der Waals surface area contributed by atoms with Crippen LogP contribution in [0.25, 0.3) is 0 Å². The van der Waals surface area contributed by atoms with Crippen molar-refractivity contribution in [3.8, 4) is 0 Å². The third kappa shape index (κ3) is 8.24. The molecule has 0 saturated heterocycles. The highest BCUT2D eigenvalue weighted by Crippen LogP contribution is 1.81. The van der Waals surface area contributed by atoms with Gasteiger partial charge >= 0.3 is 0 Å². The van der Waals surface area contributed by atoms with Crippen molar-refractivity contribution in [2.75, 3.05) is 25.1 Å². The average Bonchev–Trinajstić information content (AvgIpc) is 1.89. The van der Waals surface area contributed by atoms with Crippen molar-refractivity contribution in [1.82, 2.24) is 0 Å². The molecule has 0 aromatic carbocycles. The lowest BCUT2D eigenvalue weighted by atomic mass is 10.7. The van der Waals surface area contributed by atoms with Gasteiger partial charge in [0.2, 0.25) is 0 Å². The minimum atomic E-state index is 0.622. The normalized spacial score (nSPS) is 8.56. The van der Waals surface area contributed by atoms with Gasteiger partial charge in [-0.15, -0.1) is 0 Å². The lowest BCUT2D eigenvalue weighted by Crippen LogP contribution is -1.99. The lowest BCUT2D eigenvalue weighted by Gasteiger charge is -1.94. The Morgan fingerprint density at radius 2 is 2.33 bits per heavy atom. The molecule has 0 atom stereocenters. The van der Waals surface area contributed by atoms with E-state index >= 15 is 0 Å². The highest BCUT2D eigenvalue weighted by atomic mass is 79.9. The Balaban J connectivity index is 2.82. The minimum absolute atomic E-state index is 0.622. The van der Waals surface area contributed by atoms with Crippen LogP contribution in [0.1, 0.15) is 0 Å². The van der Waals surface area contributed by atoms with E-state index in [0.29, 0.717) is 13.2 Å². The Hall–Kier alpha value is 0.240. The van der Waals surface area contributed by atoms with E-state index in [4.69, 9.17) is 4.74 Å². The number of hydrogen-bond donors (Lipinski definition) is 0. The molecule has 0 aromatic heterocycles. The zero-order valence-corrected chi connectivity index (χ0v) is 7.37. The molecule has 0 bridgehead atoms. The van der Waals surface area contributed by atoms with Gasteiger partial charge in [-0.2, -0.15) is 0 Å². The van der Waals surface area contributed by atoms with Gasteiger partial charge in [0.25, 0.3) is 0 Å². The van der Waals surface area contributed by atoms with Crippen LogP contribution in [-0.2, 0) is 4.74 Å². The number of aliphatic imine (C=N–C) groups is 1. The van der Waals surface area contributed by atoms with Gasteiger partial charge in [0, 0.05) is 5.33 Å². The molecule has 4 heteroatoms. The number of rotatable bonds is 5. The van der Waals surface area contributed by atoms with E-state index in [1.165, 1.54) is 0 Å². The zero-order valence-electron chi connectivity index (χ0n) is 4.97. The fourth-order valence-corrected chi connectivity index (χ4v) is 0.633. The molecule has 0 aliphatic rings. The Morgan fingerprint density at radius 1 is 1.56 bits per heavy atom. The second-order valence-electron chi connectivity index (χ2n) is 1.27. The van der Waals surface area contributed by atoms with Crippen LogP contribution in [-0.4, -0.2) is 30.2 Å². The van der Waals surface area contributed by atoms with Crippen LogP contribution in [0.2, 0.25) is 0 Å². The van der Waals surface area contributed by atoms with Gasteiger partial charge in [0.15, 0.2) is 0 Å². The van der Waals surface area contributed by atoms with Crippen LogP contribution in [0.4, 0.5) is 0 Å². The molecule has 0 radical (unpaired) electrons. The first kappa shape index (κ1) is 9.24. The first-order valence-corrected chi connectivity index (χ1v) is 4.12. The molecule has 0 spiro atoms. The van der Waals surface area contributed by atoms with Gasteiger partial charge in [-0.05, 0) is 12.2 Å². The Morgan fingerprint density at radius 3 is 2.89 bits per heavy atom. The average molecular weight is 210 g/mol. The summed E-state index contributed by atoms with van der Waals surface area (Å²) in [5, 5.41) is 3.13. The van der Waals surface area contributed by atoms with Crippen LogP contribution in [0, 0.1) is 0 Å². The Labute approximate surface area is 68.4 Å². The van der Waals surface area contributed by atoms with E-state index in [1.54, 1.807) is 0 Å². The molecule has 0 fully saturated rings. The summed E-state index contributed by atoms with van der Waals surface area (Å²) in [5.74, 6) is 0. The number of halogens is 1. The van der Waals surface area contributed by atoms with E-state index in [1.807, 2.05) is 0 Å². The number of ether oxygens (including phenoxy) is 1. The largest absolute Gasteiger partial charge is 0.379 e. The molecule has 0 amide bonds. The van der Waals surface area contributed by atoms with E-state index in [9.17, 15) is 0 Å². The number of isothiocyanates is 1. The zero-order chi connectivity index (χ0) is 6.95. The van der Waals surface area contributed by atoms with Gasteiger partial charge < -0.3 is 4.74 Å². The van der Waals surface area contributed by atoms with E-state index in [2.05, 4.69) is 38.3 Å². The molecule has 0 N–H and O–H groups in total. The molecule has 0 saturated carbocycles. The number of nitrogens with zero attached hydrogens (tertiary/aromatic N) is 1. The summed E-state index contributed by atoms with van der Waals surface area (Å²) in [5.41, 5.74) is 0. The van der Waals surface area contributed by atoms with Crippen molar-refractivity contribution >= 4 is 33.3 Å². The van der Waals surface area contributed by atoms with Gasteiger partial charge in [-0.25, -0.2) is 4.99 Å². The van der Waals surface area contributed by atoms with Crippen molar-refractivity contribution in [2.24, 2.45) is 4.99 Å². The Kier molecular flexibility index (Phi) is 8.46. The van der Waals surface area contributed by atoms with Crippen molar-refractivity contribution in [1.29, 1.82) is 0 Å². The van der Waals surface area contributed by atoms with Gasteiger partial charge in [-0.3, -0.25) is 0 Å². The fourth-order valence-electron chi connectivity index (χ4n) is 0.312. The smallest absolute Gasteiger partial charge is 0.0727 e. The summed E-state index contributed by atoms with van der Waals surface area (Å²) in [4.78, 5) is 3.67. The van der Waals surface area contributed by atoms with Crippen LogP contribution in [0.3, 0.4) is 0 Å². The standard InChI is InChI=1S/C5H8BrNOS/c6-1-3-8-4-2-7-5-9/h1-4H2. The molecule has 0 aromatic rings. The highest BCUT2D eigenvalue weighted by Gasteiger charge is 1.81. The van der Waals surface area contributed by atoms with Crippen LogP contribution in [0.5, 0.6) is 0 Å². The monoisotopic (exact) mass is 209 g/mol. The summed E-state index contributed by atoms with van der Waals surface area (Å²) < 4.78 is 5.06. The molecule has 0 aliphatic heterocycles. The fraction of sp³-hybridized carbons (Fsp3) is 0.800. The van der Waals surface area contributed by atoms with Gasteiger partial charge in [-0.1, -0.05) is 15.9 Å². The molecule has 52 valence electrons. The van der Waals surface area contributed by atoms with E-state index < -0.39 is 0 Å².